The molecule has 100 valence electrons. The Kier molecular flexibility index (Phi) is 4.58. The number of aromatic nitrogens is 1. The summed E-state index contributed by atoms with van der Waals surface area (Å²) in [6.45, 7) is 0.778. The number of nitriles is 1. The van der Waals surface area contributed by atoms with Crippen molar-refractivity contribution >= 4 is 23.3 Å². The molecular formula is C12H14N4O2S. The second-order valence-corrected chi connectivity index (χ2v) is 5.71. The van der Waals surface area contributed by atoms with Gasteiger partial charge in [-0.2, -0.15) is 17.0 Å². The minimum atomic E-state index is -0.591. The van der Waals surface area contributed by atoms with Crippen LogP contribution in [0.25, 0.3) is 0 Å². The Morgan fingerprint density at radius 1 is 1.58 bits per heavy atom. The summed E-state index contributed by atoms with van der Waals surface area (Å²) >= 11 is 1.94. The Bertz CT molecular complexity index is 509. The molecule has 2 heterocycles. The van der Waals surface area contributed by atoms with Gasteiger partial charge in [0.2, 0.25) is 5.69 Å². The van der Waals surface area contributed by atoms with E-state index in [-0.39, 0.29) is 11.4 Å². The zero-order valence-corrected chi connectivity index (χ0v) is 11.2. The van der Waals surface area contributed by atoms with Crippen molar-refractivity contribution in [2.45, 2.75) is 24.5 Å². The second kappa shape index (κ2) is 6.38. The third-order valence-electron chi connectivity index (χ3n) is 2.96. The average Bonchev–Trinajstić information content (AvgIpc) is 2.45. The summed E-state index contributed by atoms with van der Waals surface area (Å²) in [5, 5.41) is 23.2. The Morgan fingerprint density at radius 3 is 3.05 bits per heavy atom. The first-order valence-electron chi connectivity index (χ1n) is 6.11. The maximum atomic E-state index is 10.7. The SMILES string of the molecule is N#Cc1nc(NCC2CCCCS2)ccc1[N+](=O)[O-]. The van der Waals surface area contributed by atoms with E-state index in [1.54, 1.807) is 12.1 Å². The number of nitrogens with zero attached hydrogens (tertiary/aromatic N) is 3. The van der Waals surface area contributed by atoms with E-state index in [0.29, 0.717) is 11.1 Å². The molecular weight excluding hydrogens is 264 g/mol. The molecule has 1 aliphatic rings. The number of nitrogens with one attached hydrogen (secondary N) is 1. The van der Waals surface area contributed by atoms with Crippen LogP contribution in [0.15, 0.2) is 12.1 Å². The largest absolute Gasteiger partial charge is 0.369 e. The minimum absolute atomic E-state index is 0.147. The summed E-state index contributed by atoms with van der Waals surface area (Å²) < 4.78 is 0. The zero-order chi connectivity index (χ0) is 13.7. The van der Waals surface area contributed by atoms with Gasteiger partial charge in [0.25, 0.3) is 0 Å². The van der Waals surface area contributed by atoms with Crippen LogP contribution in [0.5, 0.6) is 0 Å². The first kappa shape index (κ1) is 13.6. The van der Waals surface area contributed by atoms with Crippen LogP contribution in [0.2, 0.25) is 0 Å². The Balaban J connectivity index is 2.01. The number of anilines is 1. The number of pyridine rings is 1. The number of thioether (sulfide) groups is 1. The number of nitro groups is 1. The molecule has 1 aromatic heterocycles. The van der Waals surface area contributed by atoms with Crippen molar-refractivity contribution in [2.75, 3.05) is 17.6 Å². The predicted octanol–water partition coefficient (Wildman–Crippen LogP) is 2.56. The van der Waals surface area contributed by atoms with Crippen LogP contribution in [-0.2, 0) is 0 Å². The van der Waals surface area contributed by atoms with Gasteiger partial charge in [-0.05, 0) is 24.7 Å². The predicted molar refractivity (Wildman–Crippen MR) is 74.2 cm³/mol. The second-order valence-electron chi connectivity index (χ2n) is 4.30. The lowest BCUT2D eigenvalue weighted by Gasteiger charge is -2.21. The lowest BCUT2D eigenvalue weighted by molar-refractivity contribution is -0.385. The topological polar surface area (TPSA) is 91.8 Å². The lowest BCUT2D eigenvalue weighted by Crippen LogP contribution is -2.20. The van der Waals surface area contributed by atoms with Crippen molar-refractivity contribution in [1.82, 2.24) is 4.98 Å². The van der Waals surface area contributed by atoms with Crippen molar-refractivity contribution in [3.8, 4) is 6.07 Å². The highest BCUT2D eigenvalue weighted by atomic mass is 32.2. The first-order chi connectivity index (χ1) is 9.20. The molecule has 1 atom stereocenters. The molecule has 0 spiro atoms. The normalized spacial score (nSPS) is 18.6. The lowest BCUT2D eigenvalue weighted by atomic mass is 10.2. The van der Waals surface area contributed by atoms with E-state index in [0.717, 1.165) is 6.54 Å². The molecule has 1 unspecified atom stereocenters. The summed E-state index contributed by atoms with van der Waals surface area (Å²) in [5.74, 6) is 1.71. The third kappa shape index (κ3) is 3.58. The van der Waals surface area contributed by atoms with Gasteiger partial charge >= 0.3 is 5.69 Å². The van der Waals surface area contributed by atoms with Gasteiger partial charge < -0.3 is 5.32 Å². The fourth-order valence-electron chi connectivity index (χ4n) is 1.97. The van der Waals surface area contributed by atoms with Crippen molar-refractivity contribution in [1.29, 1.82) is 5.26 Å². The van der Waals surface area contributed by atoms with Gasteiger partial charge in [0.1, 0.15) is 11.9 Å². The third-order valence-corrected chi connectivity index (χ3v) is 4.36. The molecule has 0 saturated carbocycles. The number of hydrogen-bond donors (Lipinski definition) is 1. The van der Waals surface area contributed by atoms with E-state index in [2.05, 4.69) is 10.3 Å². The number of hydrogen-bond acceptors (Lipinski definition) is 6. The highest BCUT2D eigenvalue weighted by molar-refractivity contribution is 7.99. The Labute approximate surface area is 115 Å². The van der Waals surface area contributed by atoms with E-state index in [1.807, 2.05) is 11.8 Å². The van der Waals surface area contributed by atoms with Crippen LogP contribution in [-0.4, -0.2) is 27.5 Å². The standard InChI is InChI=1S/C12H14N4O2S/c13-7-10-11(16(17)18)4-5-12(15-10)14-8-9-3-1-2-6-19-9/h4-5,9H,1-3,6,8H2,(H,14,15). The molecule has 1 aliphatic heterocycles. The van der Waals surface area contributed by atoms with Crippen molar-refractivity contribution < 1.29 is 4.92 Å². The molecule has 1 N–H and O–H groups in total. The molecule has 0 aliphatic carbocycles. The molecule has 0 amide bonds. The summed E-state index contributed by atoms with van der Waals surface area (Å²) in [6.07, 6.45) is 3.70. The number of rotatable bonds is 4. The van der Waals surface area contributed by atoms with Crippen molar-refractivity contribution in [3.63, 3.8) is 0 Å². The van der Waals surface area contributed by atoms with Gasteiger partial charge in [-0.1, -0.05) is 6.42 Å². The molecule has 2 rings (SSSR count). The van der Waals surface area contributed by atoms with E-state index in [4.69, 9.17) is 5.26 Å². The minimum Gasteiger partial charge on any atom is -0.369 e. The molecule has 19 heavy (non-hydrogen) atoms. The van der Waals surface area contributed by atoms with Crippen LogP contribution in [0.1, 0.15) is 25.0 Å². The van der Waals surface area contributed by atoms with E-state index >= 15 is 0 Å². The average molecular weight is 278 g/mol. The summed E-state index contributed by atoms with van der Waals surface area (Å²) in [4.78, 5) is 14.1. The van der Waals surface area contributed by atoms with Gasteiger partial charge in [-0.15, -0.1) is 0 Å². The molecule has 1 aromatic rings. The van der Waals surface area contributed by atoms with Crippen LogP contribution in [0, 0.1) is 21.4 Å². The summed E-state index contributed by atoms with van der Waals surface area (Å²) in [6, 6.07) is 4.63. The van der Waals surface area contributed by atoms with Crippen LogP contribution >= 0.6 is 11.8 Å². The van der Waals surface area contributed by atoms with Gasteiger partial charge in [-0.3, -0.25) is 10.1 Å². The molecule has 1 fully saturated rings. The van der Waals surface area contributed by atoms with Gasteiger partial charge in [0.05, 0.1) is 4.92 Å². The van der Waals surface area contributed by atoms with Gasteiger partial charge in [0.15, 0.2) is 0 Å². The van der Waals surface area contributed by atoms with Crippen LogP contribution in [0.4, 0.5) is 11.5 Å². The maximum absolute atomic E-state index is 10.7. The zero-order valence-electron chi connectivity index (χ0n) is 10.3. The highest BCUT2D eigenvalue weighted by Crippen LogP contribution is 2.25. The van der Waals surface area contributed by atoms with E-state index in [9.17, 15) is 10.1 Å². The molecule has 6 nitrogen and oxygen atoms in total. The van der Waals surface area contributed by atoms with E-state index < -0.39 is 4.92 Å². The van der Waals surface area contributed by atoms with Crippen LogP contribution in [0.3, 0.4) is 0 Å². The fourth-order valence-corrected chi connectivity index (χ4v) is 3.21. The monoisotopic (exact) mass is 278 g/mol. The van der Waals surface area contributed by atoms with Crippen molar-refractivity contribution in [3.05, 3.63) is 27.9 Å². The van der Waals surface area contributed by atoms with Crippen LogP contribution < -0.4 is 5.32 Å². The van der Waals surface area contributed by atoms with Crippen molar-refractivity contribution in [2.24, 2.45) is 0 Å². The van der Waals surface area contributed by atoms with Gasteiger partial charge in [-0.25, -0.2) is 4.98 Å². The molecule has 7 heteroatoms. The molecule has 0 aromatic carbocycles. The van der Waals surface area contributed by atoms with Gasteiger partial charge in [0, 0.05) is 17.9 Å². The van der Waals surface area contributed by atoms with E-state index in [1.165, 1.54) is 31.1 Å². The summed E-state index contributed by atoms with van der Waals surface area (Å²) in [7, 11) is 0. The quantitative estimate of drug-likeness (QED) is 0.672. The Hall–Kier alpha value is -1.81. The highest BCUT2D eigenvalue weighted by Gasteiger charge is 2.17. The molecule has 0 bridgehead atoms. The Morgan fingerprint density at radius 2 is 2.42 bits per heavy atom. The smallest absolute Gasteiger partial charge is 0.305 e. The first-order valence-corrected chi connectivity index (χ1v) is 7.16. The fraction of sp³-hybridized carbons (Fsp3) is 0.500. The molecule has 1 saturated heterocycles. The summed E-state index contributed by atoms with van der Waals surface area (Å²) in [5.41, 5.74) is -0.397. The maximum Gasteiger partial charge on any atom is 0.305 e. The molecule has 0 radical (unpaired) electrons.